The van der Waals surface area contributed by atoms with E-state index in [2.05, 4.69) is 10.3 Å². The number of carbonyl (C=O) groups is 2. The third kappa shape index (κ3) is 2.41. The molecule has 120 valence electrons. The summed E-state index contributed by atoms with van der Waals surface area (Å²) in [5.74, 6) is -1.69. The first kappa shape index (κ1) is 16.2. The molecular weight excluding hydrogens is 288 g/mol. The lowest BCUT2D eigenvalue weighted by atomic mass is 9.54. The number of ether oxygens (including phenoxy) is 1. The maximum absolute atomic E-state index is 12.3. The molecule has 0 aliphatic heterocycles. The molecule has 0 aromatic carbocycles. The lowest BCUT2D eigenvalue weighted by Crippen LogP contribution is -2.76. The highest BCUT2D eigenvalue weighted by molar-refractivity contribution is 5.98. The van der Waals surface area contributed by atoms with Gasteiger partial charge in [0.2, 0.25) is 5.56 Å². The number of pyridine rings is 1. The molecule has 7 nitrogen and oxygen atoms in total. The van der Waals surface area contributed by atoms with E-state index in [4.69, 9.17) is 4.74 Å². The first-order valence-corrected chi connectivity index (χ1v) is 7.11. The molecule has 22 heavy (non-hydrogen) atoms. The molecule has 0 unspecified atom stereocenters. The maximum Gasteiger partial charge on any atom is 0.330 e. The second kappa shape index (κ2) is 5.57. The van der Waals surface area contributed by atoms with E-state index < -0.39 is 28.4 Å². The number of hydrogen-bond donors (Lipinski definition) is 3. The van der Waals surface area contributed by atoms with Gasteiger partial charge in [-0.2, -0.15) is 0 Å². The average molecular weight is 308 g/mol. The minimum absolute atomic E-state index is 0.125. The van der Waals surface area contributed by atoms with Gasteiger partial charge in [-0.1, -0.05) is 13.8 Å². The molecule has 7 heteroatoms. The third-order valence-corrected chi connectivity index (χ3v) is 4.49. The summed E-state index contributed by atoms with van der Waals surface area (Å²) < 4.78 is 5.54. The Kier molecular flexibility index (Phi) is 4.10. The minimum atomic E-state index is -1.41. The fraction of sp³-hybridized carbons (Fsp3) is 0.533. The Hall–Kier alpha value is -2.15. The number of carboxylic acids is 1. The van der Waals surface area contributed by atoms with Crippen LogP contribution in [0.1, 0.15) is 37.6 Å². The Labute approximate surface area is 127 Å². The second-order valence-electron chi connectivity index (χ2n) is 5.98. The van der Waals surface area contributed by atoms with Crippen LogP contribution in [0.4, 0.5) is 0 Å². The molecule has 0 saturated heterocycles. The molecule has 1 aliphatic carbocycles. The van der Waals surface area contributed by atoms with Gasteiger partial charge in [0.1, 0.15) is 5.54 Å². The van der Waals surface area contributed by atoms with Gasteiger partial charge in [0.25, 0.3) is 5.91 Å². The van der Waals surface area contributed by atoms with Crippen molar-refractivity contribution in [3.05, 3.63) is 34.2 Å². The largest absolute Gasteiger partial charge is 0.479 e. The van der Waals surface area contributed by atoms with E-state index >= 15 is 0 Å². The molecule has 1 aromatic rings. The van der Waals surface area contributed by atoms with E-state index in [9.17, 15) is 19.5 Å². The van der Waals surface area contributed by atoms with Crippen LogP contribution in [0.3, 0.4) is 0 Å². The van der Waals surface area contributed by atoms with E-state index in [1.807, 2.05) is 6.92 Å². The molecule has 1 heterocycles. The van der Waals surface area contributed by atoms with E-state index in [0.717, 1.165) is 6.07 Å². The monoisotopic (exact) mass is 308 g/mol. The molecule has 1 saturated carbocycles. The highest BCUT2D eigenvalue weighted by Gasteiger charge is 2.66. The van der Waals surface area contributed by atoms with E-state index in [1.165, 1.54) is 12.3 Å². The van der Waals surface area contributed by atoms with Gasteiger partial charge in [0, 0.05) is 36.3 Å². The highest BCUT2D eigenvalue weighted by Crippen LogP contribution is 2.51. The Morgan fingerprint density at radius 2 is 2.18 bits per heavy atom. The normalized spacial score (nSPS) is 26.0. The molecule has 1 amide bonds. The number of aromatic amines is 1. The lowest BCUT2D eigenvalue weighted by Gasteiger charge is -2.58. The Bertz CT molecular complexity index is 651. The molecule has 3 N–H and O–H groups in total. The molecular formula is C15H20N2O5. The van der Waals surface area contributed by atoms with E-state index in [1.54, 1.807) is 13.8 Å². The fourth-order valence-corrected chi connectivity index (χ4v) is 2.89. The van der Waals surface area contributed by atoms with Crippen LogP contribution < -0.4 is 10.9 Å². The van der Waals surface area contributed by atoms with Crippen molar-refractivity contribution in [2.45, 2.75) is 38.8 Å². The van der Waals surface area contributed by atoms with Crippen molar-refractivity contribution in [3.63, 3.8) is 0 Å². The van der Waals surface area contributed by atoms with Gasteiger partial charge in [0.15, 0.2) is 0 Å². The summed E-state index contributed by atoms with van der Waals surface area (Å²) in [6.07, 6.45) is 1.30. The van der Waals surface area contributed by atoms with Crippen LogP contribution in [0, 0.1) is 5.41 Å². The topological polar surface area (TPSA) is 108 Å². The first-order valence-electron chi connectivity index (χ1n) is 7.11. The predicted octanol–water partition coefficient (Wildman–Crippen LogP) is 0.763. The summed E-state index contributed by atoms with van der Waals surface area (Å²) >= 11 is 0. The zero-order valence-electron chi connectivity index (χ0n) is 12.8. The molecule has 1 aromatic heterocycles. The molecule has 2 atom stereocenters. The number of nitrogens with one attached hydrogen (secondary N) is 2. The van der Waals surface area contributed by atoms with Gasteiger partial charge >= 0.3 is 5.97 Å². The summed E-state index contributed by atoms with van der Waals surface area (Å²) in [7, 11) is 0. The van der Waals surface area contributed by atoms with Crippen molar-refractivity contribution in [3.8, 4) is 0 Å². The number of hydrogen-bond acceptors (Lipinski definition) is 4. The lowest BCUT2D eigenvalue weighted by molar-refractivity contribution is -0.190. The summed E-state index contributed by atoms with van der Waals surface area (Å²) in [6, 6.07) is 2.56. The Morgan fingerprint density at radius 3 is 2.68 bits per heavy atom. The summed E-state index contributed by atoms with van der Waals surface area (Å²) in [4.78, 5) is 37.7. The van der Waals surface area contributed by atoms with Crippen LogP contribution in [0.25, 0.3) is 0 Å². The quantitative estimate of drug-likeness (QED) is 0.744. The third-order valence-electron chi connectivity index (χ3n) is 4.49. The van der Waals surface area contributed by atoms with Gasteiger partial charge in [-0.15, -0.1) is 0 Å². The number of carboxylic acid groups (broad SMARTS) is 1. The molecule has 1 aliphatic rings. The Balaban J connectivity index is 2.26. The van der Waals surface area contributed by atoms with Gasteiger partial charge < -0.3 is 20.1 Å². The molecule has 0 spiro atoms. The number of aliphatic carboxylic acids is 1. The average Bonchev–Trinajstić information content (AvgIpc) is 2.45. The number of H-pyrrole nitrogens is 1. The van der Waals surface area contributed by atoms with Gasteiger partial charge in [0.05, 0.1) is 6.10 Å². The van der Waals surface area contributed by atoms with Crippen LogP contribution in [-0.2, 0) is 9.53 Å². The molecule has 1 fully saturated rings. The van der Waals surface area contributed by atoms with Crippen molar-refractivity contribution in [2.24, 2.45) is 5.41 Å². The summed E-state index contributed by atoms with van der Waals surface area (Å²) in [5, 5.41) is 12.2. The van der Waals surface area contributed by atoms with Crippen LogP contribution in [0.5, 0.6) is 0 Å². The highest BCUT2D eigenvalue weighted by atomic mass is 16.5. The predicted molar refractivity (Wildman–Crippen MR) is 78.7 cm³/mol. The standard InChI is InChI=1S/C15H20N2O5/c1-4-22-10-8-15(13(20)21,14(10,2)3)17-12(19)9-5-6-16-11(18)7-9/h5-7,10H,4,8H2,1-3H3,(H,16,18)(H,17,19)(H,20,21)/t10-,15-/m1/s1. The van der Waals surface area contributed by atoms with E-state index in [0.29, 0.717) is 6.61 Å². The zero-order valence-corrected chi connectivity index (χ0v) is 12.8. The zero-order chi connectivity index (χ0) is 16.5. The molecule has 2 rings (SSSR count). The van der Waals surface area contributed by atoms with Crippen molar-refractivity contribution in [2.75, 3.05) is 6.61 Å². The van der Waals surface area contributed by atoms with Gasteiger partial charge in [-0.05, 0) is 13.0 Å². The van der Waals surface area contributed by atoms with Gasteiger partial charge in [-0.25, -0.2) is 4.79 Å². The van der Waals surface area contributed by atoms with Crippen LogP contribution >= 0.6 is 0 Å². The number of carbonyl (C=O) groups excluding carboxylic acids is 1. The minimum Gasteiger partial charge on any atom is -0.479 e. The molecule has 0 bridgehead atoms. The summed E-state index contributed by atoms with van der Waals surface area (Å²) in [5.41, 5.74) is -2.46. The second-order valence-corrected chi connectivity index (χ2v) is 5.98. The maximum atomic E-state index is 12.3. The summed E-state index contributed by atoms with van der Waals surface area (Å²) in [6.45, 7) is 5.82. The number of aromatic nitrogens is 1. The smallest absolute Gasteiger partial charge is 0.330 e. The van der Waals surface area contributed by atoms with Crippen molar-refractivity contribution in [1.82, 2.24) is 10.3 Å². The van der Waals surface area contributed by atoms with Gasteiger partial charge in [-0.3, -0.25) is 9.59 Å². The number of amides is 1. The first-order chi connectivity index (χ1) is 10.2. The van der Waals surface area contributed by atoms with Crippen molar-refractivity contribution >= 4 is 11.9 Å². The Morgan fingerprint density at radius 1 is 1.50 bits per heavy atom. The van der Waals surface area contributed by atoms with Crippen LogP contribution in [0.15, 0.2) is 23.1 Å². The number of rotatable bonds is 5. The SMILES string of the molecule is CCO[C@@H]1C[C@@](NC(=O)c2cc[nH]c(=O)c2)(C(=O)O)C1(C)C. The van der Waals surface area contributed by atoms with E-state index in [-0.39, 0.29) is 18.1 Å². The van der Waals surface area contributed by atoms with Crippen LogP contribution in [0.2, 0.25) is 0 Å². The van der Waals surface area contributed by atoms with Crippen molar-refractivity contribution < 1.29 is 19.4 Å². The fourth-order valence-electron chi connectivity index (χ4n) is 2.89. The molecule has 0 radical (unpaired) electrons. The van der Waals surface area contributed by atoms with Crippen LogP contribution in [-0.4, -0.2) is 40.2 Å². The van der Waals surface area contributed by atoms with Crippen molar-refractivity contribution in [1.29, 1.82) is 0 Å².